The van der Waals surface area contributed by atoms with E-state index < -0.39 is 0 Å². The molecule has 2 aromatic carbocycles. The Morgan fingerprint density at radius 1 is 0.951 bits per heavy atom. The molecule has 1 aromatic heterocycles. The Morgan fingerprint density at radius 2 is 1.73 bits per heavy atom. The lowest BCUT2D eigenvalue weighted by atomic mass is 9.97. The van der Waals surface area contributed by atoms with Crippen molar-refractivity contribution in [3.8, 4) is 0 Å². The first-order valence-electron chi connectivity index (χ1n) is 14.5. The average molecular weight is 574 g/mol. The van der Waals surface area contributed by atoms with Crippen LogP contribution in [0.2, 0.25) is 0 Å². The fraction of sp³-hybridized carbons (Fsp3) is 0.438. The second-order valence-electron chi connectivity index (χ2n) is 10.7. The molecule has 0 bridgehead atoms. The van der Waals surface area contributed by atoms with Gasteiger partial charge >= 0.3 is 5.97 Å². The zero-order valence-corrected chi connectivity index (χ0v) is 24.8. The van der Waals surface area contributed by atoms with Gasteiger partial charge in [-0.1, -0.05) is 54.2 Å². The molecule has 0 radical (unpaired) electrons. The molecule has 9 heteroatoms. The number of amides is 1. The van der Waals surface area contributed by atoms with Crippen LogP contribution >= 0.6 is 11.8 Å². The van der Waals surface area contributed by atoms with Gasteiger partial charge in [0.15, 0.2) is 5.16 Å². The van der Waals surface area contributed by atoms with Crippen LogP contribution in [0.1, 0.15) is 46.9 Å². The first-order chi connectivity index (χ1) is 20.0. The van der Waals surface area contributed by atoms with Gasteiger partial charge in [-0.3, -0.25) is 14.5 Å². The number of aromatic nitrogens is 2. The molecule has 5 rings (SSSR count). The summed E-state index contributed by atoms with van der Waals surface area (Å²) in [5.41, 5.74) is 3.99. The van der Waals surface area contributed by atoms with E-state index in [4.69, 9.17) is 9.72 Å². The molecule has 2 aliphatic rings. The number of thioether (sulfide) groups is 1. The normalized spacial score (nSPS) is 17.9. The first kappa shape index (κ1) is 29.1. The molecule has 0 N–H and O–H groups in total. The third-order valence-corrected chi connectivity index (χ3v) is 8.55. The van der Waals surface area contributed by atoms with Crippen LogP contribution in [0.25, 0.3) is 0 Å². The Morgan fingerprint density at radius 3 is 2.51 bits per heavy atom. The van der Waals surface area contributed by atoms with Crippen LogP contribution in [0.3, 0.4) is 0 Å². The Hall–Kier alpha value is -3.43. The van der Waals surface area contributed by atoms with E-state index in [1.165, 1.54) is 5.56 Å². The summed E-state index contributed by atoms with van der Waals surface area (Å²) in [6.45, 7) is 10.1. The van der Waals surface area contributed by atoms with Crippen molar-refractivity contribution in [3.05, 3.63) is 83.0 Å². The lowest BCUT2D eigenvalue weighted by molar-refractivity contribution is -0.149. The number of hydrogen-bond donors (Lipinski definition) is 0. The molecule has 2 saturated heterocycles. The number of rotatable bonds is 9. The molecular formula is C32H39N5O3S. The van der Waals surface area contributed by atoms with Crippen molar-refractivity contribution in [2.24, 2.45) is 5.92 Å². The molecule has 216 valence electrons. The van der Waals surface area contributed by atoms with Crippen LogP contribution in [0.4, 0.5) is 5.82 Å². The van der Waals surface area contributed by atoms with Gasteiger partial charge in [-0.2, -0.15) is 0 Å². The van der Waals surface area contributed by atoms with Crippen molar-refractivity contribution in [3.63, 3.8) is 0 Å². The molecule has 1 unspecified atom stereocenters. The van der Waals surface area contributed by atoms with Crippen LogP contribution in [0, 0.1) is 12.8 Å². The monoisotopic (exact) mass is 573 g/mol. The molecule has 3 heterocycles. The molecule has 2 fully saturated rings. The minimum absolute atomic E-state index is 0.0358. The number of carbonyl (C=O) groups is 2. The maximum absolute atomic E-state index is 13.3. The number of piperidine rings is 1. The van der Waals surface area contributed by atoms with Crippen LogP contribution in [0.15, 0.2) is 65.8 Å². The van der Waals surface area contributed by atoms with E-state index >= 15 is 0 Å². The van der Waals surface area contributed by atoms with E-state index in [0.717, 1.165) is 67.8 Å². The van der Waals surface area contributed by atoms with Crippen LogP contribution < -0.4 is 4.90 Å². The van der Waals surface area contributed by atoms with E-state index in [0.29, 0.717) is 31.0 Å². The molecule has 1 atom stereocenters. The summed E-state index contributed by atoms with van der Waals surface area (Å²) in [7, 11) is 0. The fourth-order valence-corrected chi connectivity index (χ4v) is 6.31. The molecule has 1 amide bonds. The second kappa shape index (κ2) is 14.0. The summed E-state index contributed by atoms with van der Waals surface area (Å²) in [4.78, 5) is 41.7. The number of benzene rings is 2. The van der Waals surface area contributed by atoms with Gasteiger partial charge in [0, 0.05) is 68.9 Å². The van der Waals surface area contributed by atoms with Gasteiger partial charge in [0.25, 0.3) is 5.91 Å². The largest absolute Gasteiger partial charge is 0.466 e. The van der Waals surface area contributed by atoms with Crippen molar-refractivity contribution in [1.29, 1.82) is 0 Å². The van der Waals surface area contributed by atoms with Gasteiger partial charge in [-0.05, 0) is 49.9 Å². The maximum Gasteiger partial charge on any atom is 0.310 e. The van der Waals surface area contributed by atoms with Gasteiger partial charge < -0.3 is 14.5 Å². The number of carbonyl (C=O) groups excluding carboxylic acids is 2. The smallest absolute Gasteiger partial charge is 0.310 e. The van der Waals surface area contributed by atoms with Gasteiger partial charge in [0.05, 0.1) is 12.5 Å². The summed E-state index contributed by atoms with van der Waals surface area (Å²) in [5.74, 6) is 1.16. The van der Waals surface area contributed by atoms with E-state index in [2.05, 4.69) is 51.2 Å². The van der Waals surface area contributed by atoms with Gasteiger partial charge in [-0.15, -0.1) is 0 Å². The predicted molar refractivity (Wildman–Crippen MR) is 162 cm³/mol. The Labute approximate surface area is 247 Å². The molecule has 8 nitrogen and oxygen atoms in total. The highest BCUT2D eigenvalue weighted by Gasteiger charge is 2.30. The molecule has 3 aromatic rings. The third-order valence-electron chi connectivity index (χ3n) is 7.64. The lowest BCUT2D eigenvalue weighted by Gasteiger charge is -2.35. The predicted octanol–water partition coefficient (Wildman–Crippen LogP) is 4.81. The third kappa shape index (κ3) is 7.86. The number of aryl methyl sites for hydroxylation is 1. The standard InChI is InChI=1S/C32H39N5O3S/c1-3-40-31(39)28-13-8-14-37(22-28)30(38)27-12-7-11-26(20-27)23-41-32-33-24(2)19-29(34-32)36-17-15-35(16-18-36)21-25-9-5-4-6-10-25/h4-7,9-12,19-20,28H,3,8,13-18,21-23H2,1-2H3. The molecule has 0 spiro atoms. The Kier molecular flexibility index (Phi) is 9.90. The number of anilines is 1. The van der Waals surface area contributed by atoms with Crippen LogP contribution in [-0.2, 0) is 21.8 Å². The zero-order chi connectivity index (χ0) is 28.6. The second-order valence-corrected chi connectivity index (χ2v) is 11.7. The highest BCUT2D eigenvalue weighted by Crippen LogP contribution is 2.25. The molecule has 41 heavy (non-hydrogen) atoms. The highest BCUT2D eigenvalue weighted by molar-refractivity contribution is 7.98. The van der Waals surface area contributed by atoms with Crippen molar-refractivity contribution >= 4 is 29.5 Å². The van der Waals surface area contributed by atoms with Crippen molar-refractivity contribution in [1.82, 2.24) is 19.8 Å². The van der Waals surface area contributed by atoms with E-state index in [1.807, 2.05) is 38.1 Å². The van der Waals surface area contributed by atoms with Gasteiger partial charge in [0.1, 0.15) is 5.82 Å². The number of piperazine rings is 1. The summed E-state index contributed by atoms with van der Waals surface area (Å²) < 4.78 is 5.19. The summed E-state index contributed by atoms with van der Waals surface area (Å²) >= 11 is 1.59. The van der Waals surface area contributed by atoms with Gasteiger partial charge in [-0.25, -0.2) is 9.97 Å². The maximum atomic E-state index is 13.3. The quantitative estimate of drug-likeness (QED) is 0.205. The molecule has 2 aliphatic heterocycles. The van der Waals surface area contributed by atoms with Crippen LogP contribution in [0.5, 0.6) is 0 Å². The van der Waals surface area contributed by atoms with E-state index in [1.54, 1.807) is 16.7 Å². The minimum Gasteiger partial charge on any atom is -0.466 e. The van der Waals surface area contributed by atoms with Crippen molar-refractivity contribution < 1.29 is 14.3 Å². The Balaban J connectivity index is 1.17. The summed E-state index contributed by atoms with van der Waals surface area (Å²) in [6, 6.07) is 20.4. The summed E-state index contributed by atoms with van der Waals surface area (Å²) in [6.07, 6.45) is 1.57. The average Bonchev–Trinajstić information content (AvgIpc) is 3.00. The number of ether oxygens (including phenoxy) is 1. The molecule has 0 saturated carbocycles. The van der Waals surface area contributed by atoms with Gasteiger partial charge in [0.2, 0.25) is 0 Å². The highest BCUT2D eigenvalue weighted by atomic mass is 32.2. The Bertz CT molecular complexity index is 1330. The number of hydrogen-bond acceptors (Lipinski definition) is 8. The fourth-order valence-electron chi connectivity index (χ4n) is 5.47. The zero-order valence-electron chi connectivity index (χ0n) is 24.0. The SMILES string of the molecule is CCOC(=O)C1CCCN(C(=O)c2cccc(CSc3nc(C)cc(N4CCN(Cc5ccccc5)CC4)n3)c2)C1. The van der Waals surface area contributed by atoms with Crippen LogP contribution in [-0.4, -0.2) is 77.5 Å². The summed E-state index contributed by atoms with van der Waals surface area (Å²) in [5, 5.41) is 0.747. The van der Waals surface area contributed by atoms with Crippen molar-refractivity contribution in [2.75, 3.05) is 50.8 Å². The topological polar surface area (TPSA) is 78.9 Å². The van der Waals surface area contributed by atoms with E-state index in [-0.39, 0.29) is 17.8 Å². The first-order valence-corrected chi connectivity index (χ1v) is 15.5. The minimum atomic E-state index is -0.245. The lowest BCUT2D eigenvalue weighted by Crippen LogP contribution is -2.46. The number of nitrogens with zero attached hydrogens (tertiary/aromatic N) is 5. The van der Waals surface area contributed by atoms with E-state index in [9.17, 15) is 9.59 Å². The molecule has 0 aliphatic carbocycles. The number of likely N-dealkylation sites (tertiary alicyclic amines) is 1. The number of esters is 1. The molecular weight excluding hydrogens is 534 g/mol. The van der Waals surface area contributed by atoms with Crippen molar-refractivity contribution in [2.45, 2.75) is 44.1 Å².